The van der Waals surface area contributed by atoms with Gasteiger partial charge in [0.15, 0.2) is 0 Å². The molecule has 0 amide bonds. The van der Waals surface area contributed by atoms with Gasteiger partial charge in [0.1, 0.15) is 0 Å². The highest BCUT2D eigenvalue weighted by molar-refractivity contribution is 7.89. The molecule has 4 nitrogen and oxygen atoms in total. The van der Waals surface area contributed by atoms with Crippen LogP contribution in [0.2, 0.25) is 0 Å². The Morgan fingerprint density at radius 3 is 2.85 bits per heavy atom. The molecule has 0 saturated carbocycles. The van der Waals surface area contributed by atoms with Crippen LogP contribution in [0, 0.1) is 12.3 Å². The predicted octanol–water partition coefficient (Wildman–Crippen LogP) is -0.711. The molecule has 1 saturated heterocycles. The Bertz CT molecular complexity index is 305. The minimum absolute atomic E-state index is 0.00422. The molecule has 2 N–H and O–H groups in total. The van der Waals surface area contributed by atoms with Crippen LogP contribution in [0.5, 0.6) is 0 Å². The van der Waals surface area contributed by atoms with Crippen LogP contribution in [0.15, 0.2) is 0 Å². The van der Waals surface area contributed by atoms with E-state index in [4.69, 9.17) is 6.42 Å². The van der Waals surface area contributed by atoms with E-state index < -0.39 is 10.0 Å². The van der Waals surface area contributed by atoms with Crippen LogP contribution in [-0.4, -0.2) is 32.8 Å². The van der Waals surface area contributed by atoms with Gasteiger partial charge in [-0.3, -0.25) is 0 Å². The van der Waals surface area contributed by atoms with Crippen LogP contribution in [0.1, 0.15) is 13.3 Å². The Balaban J connectivity index is 2.46. The molecule has 5 heteroatoms. The molecule has 0 aromatic carbocycles. The first-order valence-corrected chi connectivity index (χ1v) is 5.92. The monoisotopic (exact) mass is 202 g/mol. The Morgan fingerprint density at radius 1 is 1.69 bits per heavy atom. The zero-order chi connectivity index (χ0) is 9.90. The third kappa shape index (κ3) is 2.99. The summed E-state index contributed by atoms with van der Waals surface area (Å²) in [6.45, 7) is 2.23. The first kappa shape index (κ1) is 10.5. The average molecular weight is 202 g/mol. The fourth-order valence-electron chi connectivity index (χ4n) is 1.29. The van der Waals surface area contributed by atoms with Crippen molar-refractivity contribution in [1.29, 1.82) is 0 Å². The van der Waals surface area contributed by atoms with Gasteiger partial charge in [0, 0.05) is 12.6 Å². The van der Waals surface area contributed by atoms with Crippen LogP contribution >= 0.6 is 0 Å². The average Bonchev–Trinajstić information content (AvgIpc) is 2.52. The highest BCUT2D eigenvalue weighted by Crippen LogP contribution is 2.06. The van der Waals surface area contributed by atoms with E-state index in [1.165, 1.54) is 0 Å². The molecule has 2 atom stereocenters. The van der Waals surface area contributed by atoms with E-state index in [0.717, 1.165) is 0 Å². The van der Waals surface area contributed by atoms with Crippen molar-refractivity contribution in [3.8, 4) is 12.3 Å². The number of nitrogens with one attached hydrogen (secondary N) is 2. The molecule has 1 rings (SSSR count). The first-order chi connectivity index (χ1) is 6.07. The largest absolute Gasteiger partial charge is 0.302 e. The number of terminal acetylenes is 1. The summed E-state index contributed by atoms with van der Waals surface area (Å²) in [5.74, 6) is 2.67. The first-order valence-electron chi connectivity index (χ1n) is 4.27. The van der Waals surface area contributed by atoms with Crippen LogP contribution < -0.4 is 10.0 Å². The Labute approximate surface area is 79.1 Å². The quantitative estimate of drug-likeness (QED) is 0.594. The Kier molecular flexibility index (Phi) is 3.31. The Hall–Kier alpha value is -0.570. The van der Waals surface area contributed by atoms with E-state index in [1.807, 2.05) is 0 Å². The molecule has 0 aromatic rings. The molecule has 13 heavy (non-hydrogen) atoms. The van der Waals surface area contributed by atoms with Crippen molar-refractivity contribution in [2.75, 3.05) is 12.3 Å². The second kappa shape index (κ2) is 4.09. The standard InChI is InChI=1S/C8H14N2O2S/c1-3-7-5-8(6-9-7)10-13(11,12)4-2/h1,7-10H,4-6H2,2H3/t7-,8-/m1/s1. The summed E-state index contributed by atoms with van der Waals surface area (Å²) in [7, 11) is -3.09. The molecule has 0 unspecified atom stereocenters. The van der Waals surface area contributed by atoms with Crippen molar-refractivity contribution in [3.05, 3.63) is 0 Å². The van der Waals surface area contributed by atoms with E-state index in [0.29, 0.717) is 13.0 Å². The van der Waals surface area contributed by atoms with Crippen molar-refractivity contribution in [2.45, 2.75) is 25.4 Å². The molecular weight excluding hydrogens is 188 g/mol. The molecular formula is C8H14N2O2S. The molecule has 0 aliphatic carbocycles. The lowest BCUT2D eigenvalue weighted by Gasteiger charge is -2.09. The molecule has 1 aliphatic rings. The summed E-state index contributed by atoms with van der Waals surface area (Å²) in [5.41, 5.74) is 0. The minimum atomic E-state index is -3.09. The fraction of sp³-hybridized carbons (Fsp3) is 0.750. The van der Waals surface area contributed by atoms with Crippen LogP contribution in [0.3, 0.4) is 0 Å². The summed E-state index contributed by atoms with van der Waals surface area (Å²) in [6.07, 6.45) is 5.88. The fourth-order valence-corrected chi connectivity index (χ4v) is 2.14. The van der Waals surface area contributed by atoms with Gasteiger partial charge in [0.25, 0.3) is 0 Å². The predicted molar refractivity (Wildman–Crippen MR) is 51.6 cm³/mol. The summed E-state index contributed by atoms with van der Waals surface area (Å²) >= 11 is 0. The topological polar surface area (TPSA) is 58.2 Å². The zero-order valence-electron chi connectivity index (χ0n) is 7.58. The van der Waals surface area contributed by atoms with Gasteiger partial charge < -0.3 is 5.32 Å². The smallest absolute Gasteiger partial charge is 0.211 e. The van der Waals surface area contributed by atoms with Gasteiger partial charge >= 0.3 is 0 Å². The molecule has 74 valence electrons. The van der Waals surface area contributed by atoms with E-state index in [2.05, 4.69) is 16.0 Å². The SMILES string of the molecule is C#C[C@@H]1C[C@@H](NS(=O)(=O)CC)CN1. The minimum Gasteiger partial charge on any atom is -0.302 e. The van der Waals surface area contributed by atoms with E-state index in [-0.39, 0.29) is 17.8 Å². The van der Waals surface area contributed by atoms with Crippen molar-refractivity contribution < 1.29 is 8.42 Å². The van der Waals surface area contributed by atoms with Gasteiger partial charge in [-0.05, 0) is 13.3 Å². The van der Waals surface area contributed by atoms with Gasteiger partial charge in [0.05, 0.1) is 11.8 Å². The maximum absolute atomic E-state index is 11.2. The number of hydrogen-bond acceptors (Lipinski definition) is 3. The highest BCUT2D eigenvalue weighted by Gasteiger charge is 2.25. The van der Waals surface area contributed by atoms with Crippen molar-refractivity contribution >= 4 is 10.0 Å². The molecule has 1 aliphatic heterocycles. The maximum atomic E-state index is 11.2. The number of hydrogen-bond donors (Lipinski definition) is 2. The number of rotatable bonds is 3. The van der Waals surface area contributed by atoms with E-state index in [9.17, 15) is 8.42 Å². The molecule has 1 heterocycles. The van der Waals surface area contributed by atoms with Gasteiger partial charge in [-0.25, -0.2) is 13.1 Å². The Morgan fingerprint density at radius 2 is 2.38 bits per heavy atom. The lowest BCUT2D eigenvalue weighted by Crippen LogP contribution is -2.37. The summed E-state index contributed by atoms with van der Waals surface area (Å²) < 4.78 is 24.9. The van der Waals surface area contributed by atoms with Gasteiger partial charge in [-0.15, -0.1) is 6.42 Å². The molecule has 0 spiro atoms. The second-order valence-electron chi connectivity index (χ2n) is 3.08. The lowest BCUT2D eigenvalue weighted by atomic mass is 10.2. The second-order valence-corrected chi connectivity index (χ2v) is 5.12. The van der Waals surface area contributed by atoms with Crippen LogP contribution in [0.25, 0.3) is 0 Å². The summed E-state index contributed by atoms with van der Waals surface area (Å²) in [5, 5.41) is 3.04. The van der Waals surface area contributed by atoms with Gasteiger partial charge in [0.2, 0.25) is 10.0 Å². The highest BCUT2D eigenvalue weighted by atomic mass is 32.2. The van der Waals surface area contributed by atoms with E-state index >= 15 is 0 Å². The molecule has 0 radical (unpaired) electrons. The molecule has 0 aromatic heterocycles. The molecule has 0 bridgehead atoms. The van der Waals surface area contributed by atoms with Crippen molar-refractivity contribution in [1.82, 2.24) is 10.0 Å². The third-order valence-electron chi connectivity index (χ3n) is 2.06. The van der Waals surface area contributed by atoms with Crippen molar-refractivity contribution in [3.63, 3.8) is 0 Å². The van der Waals surface area contributed by atoms with Crippen LogP contribution in [-0.2, 0) is 10.0 Å². The van der Waals surface area contributed by atoms with Gasteiger partial charge in [-0.2, -0.15) is 0 Å². The normalized spacial score (nSPS) is 28.6. The van der Waals surface area contributed by atoms with Crippen molar-refractivity contribution in [2.24, 2.45) is 0 Å². The van der Waals surface area contributed by atoms with E-state index in [1.54, 1.807) is 6.92 Å². The summed E-state index contributed by atoms with van der Waals surface area (Å²) in [6, 6.07) is -0.0458. The zero-order valence-corrected chi connectivity index (χ0v) is 8.39. The van der Waals surface area contributed by atoms with Gasteiger partial charge in [-0.1, -0.05) is 5.92 Å². The van der Waals surface area contributed by atoms with Crippen LogP contribution in [0.4, 0.5) is 0 Å². The number of sulfonamides is 1. The maximum Gasteiger partial charge on any atom is 0.211 e. The summed E-state index contributed by atoms with van der Waals surface area (Å²) in [4.78, 5) is 0. The third-order valence-corrected chi connectivity index (χ3v) is 3.51. The molecule has 1 fully saturated rings. The lowest BCUT2D eigenvalue weighted by molar-refractivity contribution is 0.560.